The number of rotatable bonds is 19. The largest absolute Gasteiger partial charge is 0.481 e. The van der Waals surface area contributed by atoms with Gasteiger partial charge in [0.2, 0.25) is 23.6 Å². The number of ketones is 1. The quantitative estimate of drug-likeness (QED) is 0.107. The molecule has 0 saturated carbocycles. The lowest BCUT2D eigenvalue weighted by Crippen LogP contribution is -2.60. The van der Waals surface area contributed by atoms with Crippen LogP contribution in [-0.4, -0.2) is 96.5 Å². The van der Waals surface area contributed by atoms with Gasteiger partial charge in [0, 0.05) is 0 Å². The zero-order valence-corrected chi connectivity index (χ0v) is 27.7. The Morgan fingerprint density at radius 2 is 1.25 bits per heavy atom. The van der Waals surface area contributed by atoms with Crippen LogP contribution in [0, 0.1) is 11.8 Å². The molecule has 0 spiro atoms. The van der Waals surface area contributed by atoms with E-state index in [2.05, 4.69) is 31.3 Å². The molecule has 1 aromatic carbocycles. The molecule has 16 nitrogen and oxygen atoms in total. The van der Waals surface area contributed by atoms with Crippen LogP contribution in [0.15, 0.2) is 30.3 Å². The molecule has 0 unspecified atom stereocenters. The van der Waals surface area contributed by atoms with E-state index < -0.39 is 109 Å². The smallest absolute Gasteiger partial charge is 0.408 e. The zero-order valence-electron chi connectivity index (χ0n) is 27.7. The van der Waals surface area contributed by atoms with Crippen molar-refractivity contribution in [3.05, 3.63) is 35.9 Å². The van der Waals surface area contributed by atoms with Crippen molar-refractivity contribution < 1.29 is 57.3 Å². The van der Waals surface area contributed by atoms with Crippen LogP contribution in [0.25, 0.3) is 0 Å². The Labute approximate surface area is 277 Å². The van der Waals surface area contributed by atoms with Gasteiger partial charge in [-0.2, -0.15) is 0 Å². The summed E-state index contributed by atoms with van der Waals surface area (Å²) in [6.07, 6.45) is -2.43. The number of hydrogen-bond donors (Lipinski definition) is 6. The van der Waals surface area contributed by atoms with Gasteiger partial charge in [-0.1, -0.05) is 58.0 Å². The second-order valence-corrected chi connectivity index (χ2v) is 11.5. The number of amides is 5. The van der Waals surface area contributed by atoms with Crippen LogP contribution in [0.3, 0.4) is 0 Å². The van der Waals surface area contributed by atoms with Crippen LogP contribution in [0.4, 0.5) is 9.18 Å². The number of nitrogens with one attached hydrogen (secondary N) is 5. The number of alkyl halides is 1. The van der Waals surface area contributed by atoms with Gasteiger partial charge in [-0.3, -0.25) is 33.6 Å². The highest BCUT2D eigenvalue weighted by Crippen LogP contribution is 2.09. The zero-order chi connectivity index (χ0) is 36.6. The van der Waals surface area contributed by atoms with Gasteiger partial charge in [0.25, 0.3) is 0 Å². The van der Waals surface area contributed by atoms with Crippen molar-refractivity contribution in [2.24, 2.45) is 11.8 Å². The molecule has 0 aliphatic carbocycles. The van der Waals surface area contributed by atoms with E-state index in [1.165, 1.54) is 6.92 Å². The molecule has 0 aliphatic rings. The van der Waals surface area contributed by atoms with Gasteiger partial charge in [0.05, 0.1) is 20.0 Å². The van der Waals surface area contributed by atoms with Crippen molar-refractivity contribution >= 4 is 47.4 Å². The summed E-state index contributed by atoms with van der Waals surface area (Å²) in [6, 6.07) is 1.69. The number of halogens is 1. The van der Waals surface area contributed by atoms with Crippen molar-refractivity contribution in [1.29, 1.82) is 0 Å². The molecular formula is C31H44FN5O11. The van der Waals surface area contributed by atoms with Crippen molar-refractivity contribution in [3.8, 4) is 0 Å². The Kier molecular flexibility index (Phi) is 17.2. The molecule has 0 aromatic heterocycles. The first kappa shape index (κ1) is 40.9. The molecule has 266 valence electrons. The number of benzene rings is 1. The third-order valence-electron chi connectivity index (χ3n) is 6.88. The number of carbonyl (C=O) groups is 8. The second kappa shape index (κ2) is 20.2. The standard InChI is InChI=1S/C31H44FN5O11/c1-16(2)25(29(44)33-18(5)27(42)34-20(12-23(39)40)22(38)14-32)36-28(43)21(13-24(41)47-6)35-30(45)26(17(3)4)37-31(46)48-15-19-10-8-7-9-11-19/h7-11,16-18,20-21,25-26H,12-15H2,1-6H3,(H,33,44)(H,34,42)(H,35,45)(H,36,43)(H,37,46)(H,39,40)/t18-,20-,21-,25-,26-/m0/s1. The first-order valence-corrected chi connectivity index (χ1v) is 15.1. The van der Waals surface area contributed by atoms with Crippen molar-refractivity contribution in [2.45, 2.75) is 84.3 Å². The highest BCUT2D eigenvalue weighted by atomic mass is 19.1. The normalized spacial score (nSPS) is 13.9. The van der Waals surface area contributed by atoms with E-state index in [4.69, 9.17) is 9.84 Å². The lowest BCUT2D eigenvalue weighted by molar-refractivity contribution is -0.144. The van der Waals surface area contributed by atoms with E-state index in [-0.39, 0.29) is 6.61 Å². The highest BCUT2D eigenvalue weighted by Gasteiger charge is 2.34. The van der Waals surface area contributed by atoms with Gasteiger partial charge in [0.1, 0.15) is 43.5 Å². The van der Waals surface area contributed by atoms with Gasteiger partial charge in [-0.15, -0.1) is 0 Å². The average Bonchev–Trinajstić information content (AvgIpc) is 3.03. The van der Waals surface area contributed by atoms with Gasteiger partial charge in [-0.05, 0) is 24.3 Å². The molecule has 0 radical (unpaired) electrons. The van der Waals surface area contributed by atoms with Crippen molar-refractivity contribution in [3.63, 3.8) is 0 Å². The first-order chi connectivity index (χ1) is 22.5. The molecular weight excluding hydrogens is 637 g/mol. The Hall–Kier alpha value is -5.09. The van der Waals surface area contributed by atoms with Crippen LogP contribution >= 0.6 is 0 Å². The molecule has 0 heterocycles. The molecule has 5 amide bonds. The fourth-order valence-corrected chi connectivity index (χ4v) is 4.11. The summed E-state index contributed by atoms with van der Waals surface area (Å²) < 4.78 is 22.7. The molecule has 0 fully saturated rings. The summed E-state index contributed by atoms with van der Waals surface area (Å²) in [6.45, 7) is 6.02. The minimum Gasteiger partial charge on any atom is -0.481 e. The average molecular weight is 682 g/mol. The van der Waals surface area contributed by atoms with E-state index >= 15 is 0 Å². The van der Waals surface area contributed by atoms with Gasteiger partial charge < -0.3 is 41.2 Å². The lowest BCUT2D eigenvalue weighted by atomic mass is 10.0. The number of esters is 1. The van der Waals surface area contributed by atoms with E-state index in [0.29, 0.717) is 5.56 Å². The van der Waals surface area contributed by atoms with Crippen molar-refractivity contribution in [1.82, 2.24) is 26.6 Å². The van der Waals surface area contributed by atoms with Gasteiger partial charge >= 0.3 is 18.0 Å². The molecule has 17 heteroatoms. The fourth-order valence-electron chi connectivity index (χ4n) is 4.11. The summed E-state index contributed by atoms with van der Waals surface area (Å²) in [7, 11) is 1.07. The van der Waals surface area contributed by atoms with Crippen molar-refractivity contribution in [2.75, 3.05) is 13.8 Å². The minimum absolute atomic E-state index is 0.0654. The number of hydrogen-bond acceptors (Lipinski definition) is 10. The maximum absolute atomic E-state index is 13.4. The number of carbonyl (C=O) groups excluding carboxylic acids is 7. The van der Waals surface area contributed by atoms with Crippen LogP contribution in [-0.2, 0) is 49.6 Å². The predicted molar refractivity (Wildman–Crippen MR) is 166 cm³/mol. The topological polar surface area (TPSA) is 235 Å². The van der Waals surface area contributed by atoms with Gasteiger partial charge in [0.15, 0.2) is 5.78 Å². The summed E-state index contributed by atoms with van der Waals surface area (Å²) in [5.41, 5.74) is 0.709. The first-order valence-electron chi connectivity index (χ1n) is 15.1. The summed E-state index contributed by atoms with van der Waals surface area (Å²) in [5.74, 6) is -8.27. The van der Waals surface area contributed by atoms with Crippen LogP contribution in [0.5, 0.6) is 0 Å². The monoisotopic (exact) mass is 681 g/mol. The number of ether oxygens (including phenoxy) is 2. The Morgan fingerprint density at radius 3 is 1.77 bits per heavy atom. The van der Waals surface area contributed by atoms with Crippen LogP contribution < -0.4 is 26.6 Å². The second-order valence-electron chi connectivity index (χ2n) is 11.5. The van der Waals surface area contributed by atoms with Crippen LogP contribution in [0.2, 0.25) is 0 Å². The molecule has 0 saturated heterocycles. The SMILES string of the molecule is COC(=O)C[C@H](NC(=O)[C@@H](NC(=O)OCc1ccccc1)C(C)C)C(=O)N[C@H](C(=O)N[C@@H](C)C(=O)N[C@@H](CC(=O)O)C(=O)CF)C(C)C. The third kappa shape index (κ3) is 14.1. The lowest BCUT2D eigenvalue weighted by Gasteiger charge is -2.28. The molecule has 6 N–H and O–H groups in total. The number of Topliss-reactive ketones (excluding diaryl/α,β-unsaturated/α-hetero) is 1. The number of methoxy groups -OCH3 is 1. The molecule has 0 bridgehead atoms. The summed E-state index contributed by atoms with van der Waals surface area (Å²) in [4.78, 5) is 99.7. The molecule has 5 atom stereocenters. The fraction of sp³-hybridized carbons (Fsp3) is 0.548. The number of carboxylic acid groups (broad SMARTS) is 1. The molecule has 0 aliphatic heterocycles. The number of alkyl carbamates (subject to hydrolysis) is 1. The third-order valence-corrected chi connectivity index (χ3v) is 6.88. The molecule has 48 heavy (non-hydrogen) atoms. The van der Waals surface area contributed by atoms with Crippen LogP contribution in [0.1, 0.15) is 53.0 Å². The Bertz CT molecular complexity index is 1310. The van der Waals surface area contributed by atoms with E-state index in [9.17, 15) is 42.7 Å². The highest BCUT2D eigenvalue weighted by molar-refractivity contribution is 5.98. The predicted octanol–water partition coefficient (Wildman–Crippen LogP) is 0.129. The number of aliphatic carboxylic acids is 1. The Balaban J connectivity index is 3.03. The summed E-state index contributed by atoms with van der Waals surface area (Å²) >= 11 is 0. The van der Waals surface area contributed by atoms with E-state index in [1.54, 1.807) is 58.0 Å². The minimum atomic E-state index is -1.67. The maximum atomic E-state index is 13.4. The maximum Gasteiger partial charge on any atom is 0.408 e. The summed E-state index contributed by atoms with van der Waals surface area (Å²) in [5, 5.41) is 20.7. The molecule has 1 aromatic rings. The van der Waals surface area contributed by atoms with Gasteiger partial charge in [-0.25, -0.2) is 9.18 Å². The molecule has 1 rings (SSSR count). The van der Waals surface area contributed by atoms with E-state index in [0.717, 1.165) is 7.11 Å². The van der Waals surface area contributed by atoms with E-state index in [1.807, 2.05) is 0 Å². The number of carboxylic acids is 1. The Morgan fingerprint density at radius 1 is 0.708 bits per heavy atom.